The molecule has 0 fully saturated rings. The van der Waals surface area contributed by atoms with Crippen LogP contribution in [0.1, 0.15) is 33.1 Å². The third-order valence-electron chi connectivity index (χ3n) is 3.68. The number of thioether (sulfide) groups is 1. The first-order valence-corrected chi connectivity index (χ1v) is 8.23. The van der Waals surface area contributed by atoms with Crippen LogP contribution in [0.25, 0.3) is 0 Å². The molecule has 0 aliphatic heterocycles. The first kappa shape index (κ1) is 18.4. The molecule has 0 bridgehead atoms. The fourth-order valence-corrected chi connectivity index (χ4v) is 2.86. The van der Waals surface area contributed by atoms with Crippen molar-refractivity contribution < 1.29 is 19.4 Å². The predicted molar refractivity (Wildman–Crippen MR) is 87.4 cm³/mol. The second-order valence-electron chi connectivity index (χ2n) is 5.07. The Hall–Kier alpha value is -1.69. The summed E-state index contributed by atoms with van der Waals surface area (Å²) in [7, 11) is 1.60. The van der Waals surface area contributed by atoms with Crippen molar-refractivity contribution in [2.24, 2.45) is 0 Å². The Kier molecular flexibility index (Phi) is 7.24. The number of hydrogen-bond donors (Lipinski definition) is 2. The molecule has 0 atom stereocenters. The van der Waals surface area contributed by atoms with Gasteiger partial charge in [-0.05, 0) is 37.1 Å². The zero-order valence-electron chi connectivity index (χ0n) is 13.2. The van der Waals surface area contributed by atoms with Crippen LogP contribution in [0, 0.1) is 0 Å². The van der Waals surface area contributed by atoms with Crippen LogP contribution in [0.5, 0.6) is 5.75 Å². The minimum Gasteiger partial charge on any atom is -0.497 e. The van der Waals surface area contributed by atoms with Crippen LogP contribution >= 0.6 is 11.8 Å². The molecule has 1 aromatic rings. The summed E-state index contributed by atoms with van der Waals surface area (Å²) in [6.07, 6.45) is 1.13. The standard InChI is InChI=1S/C16H23NO4S/c1-4-16(5-2,10-15(19)20)17-14(18)11-22-13-8-6-12(21-3)7-9-13/h6-9H,4-5,10-11H2,1-3H3,(H,17,18)(H,19,20). The van der Waals surface area contributed by atoms with Crippen LogP contribution in [0.4, 0.5) is 0 Å². The number of benzene rings is 1. The van der Waals surface area contributed by atoms with Gasteiger partial charge in [0, 0.05) is 10.4 Å². The lowest BCUT2D eigenvalue weighted by atomic mass is 9.89. The molecule has 2 N–H and O–H groups in total. The minimum absolute atomic E-state index is 0.0566. The molecular formula is C16H23NO4S. The molecule has 1 rings (SSSR count). The van der Waals surface area contributed by atoms with Gasteiger partial charge in [0.2, 0.25) is 5.91 Å². The molecular weight excluding hydrogens is 302 g/mol. The maximum Gasteiger partial charge on any atom is 0.305 e. The van der Waals surface area contributed by atoms with Gasteiger partial charge in [0.05, 0.1) is 19.3 Å². The van der Waals surface area contributed by atoms with Crippen molar-refractivity contribution in [2.75, 3.05) is 12.9 Å². The number of carbonyl (C=O) groups excluding carboxylic acids is 1. The third-order valence-corrected chi connectivity index (χ3v) is 4.69. The van der Waals surface area contributed by atoms with E-state index in [0.29, 0.717) is 12.8 Å². The second kappa shape index (κ2) is 8.68. The molecule has 0 unspecified atom stereocenters. The quantitative estimate of drug-likeness (QED) is 0.683. The smallest absolute Gasteiger partial charge is 0.305 e. The number of carboxylic acids is 1. The van der Waals surface area contributed by atoms with E-state index in [1.54, 1.807) is 7.11 Å². The SMILES string of the molecule is CCC(CC)(CC(=O)O)NC(=O)CSc1ccc(OC)cc1. The van der Waals surface area contributed by atoms with E-state index in [0.717, 1.165) is 10.6 Å². The summed E-state index contributed by atoms with van der Waals surface area (Å²) in [4.78, 5) is 24.1. The highest BCUT2D eigenvalue weighted by atomic mass is 32.2. The number of carbonyl (C=O) groups is 2. The van der Waals surface area contributed by atoms with Crippen LogP contribution in [0.15, 0.2) is 29.2 Å². The largest absolute Gasteiger partial charge is 0.497 e. The normalized spacial score (nSPS) is 11.0. The summed E-state index contributed by atoms with van der Waals surface area (Å²) in [5, 5.41) is 11.9. The second-order valence-corrected chi connectivity index (χ2v) is 6.12. The lowest BCUT2D eigenvalue weighted by molar-refractivity contribution is -0.139. The van der Waals surface area contributed by atoms with Gasteiger partial charge in [-0.1, -0.05) is 13.8 Å². The van der Waals surface area contributed by atoms with E-state index in [-0.39, 0.29) is 18.1 Å². The number of rotatable bonds is 9. The highest BCUT2D eigenvalue weighted by Crippen LogP contribution is 2.23. The fraction of sp³-hybridized carbons (Fsp3) is 0.500. The number of amides is 1. The summed E-state index contributed by atoms with van der Waals surface area (Å²) in [6.45, 7) is 3.78. The van der Waals surface area contributed by atoms with E-state index in [9.17, 15) is 9.59 Å². The number of nitrogens with one attached hydrogen (secondary N) is 1. The van der Waals surface area contributed by atoms with Gasteiger partial charge in [0.25, 0.3) is 0 Å². The summed E-state index contributed by atoms with van der Waals surface area (Å²) in [5.74, 6) is -0.0166. The first-order chi connectivity index (χ1) is 10.4. The molecule has 1 aromatic carbocycles. The van der Waals surface area contributed by atoms with Crippen LogP contribution < -0.4 is 10.1 Å². The van der Waals surface area contributed by atoms with Gasteiger partial charge in [0.1, 0.15) is 5.75 Å². The van der Waals surface area contributed by atoms with E-state index in [4.69, 9.17) is 9.84 Å². The number of hydrogen-bond acceptors (Lipinski definition) is 4. The van der Waals surface area contributed by atoms with Gasteiger partial charge in [-0.3, -0.25) is 9.59 Å². The molecule has 0 saturated heterocycles. The lowest BCUT2D eigenvalue weighted by Crippen LogP contribution is -2.49. The minimum atomic E-state index is -0.896. The predicted octanol–water partition coefficient (Wildman–Crippen LogP) is 2.94. The van der Waals surface area contributed by atoms with E-state index in [1.807, 2.05) is 38.1 Å². The van der Waals surface area contributed by atoms with Gasteiger partial charge in [-0.15, -0.1) is 11.8 Å². The molecule has 0 spiro atoms. The number of methoxy groups -OCH3 is 1. The number of ether oxygens (including phenoxy) is 1. The van der Waals surface area contributed by atoms with Gasteiger partial charge in [-0.25, -0.2) is 0 Å². The Morgan fingerprint density at radius 1 is 1.23 bits per heavy atom. The monoisotopic (exact) mass is 325 g/mol. The summed E-state index contributed by atoms with van der Waals surface area (Å²) >= 11 is 1.41. The van der Waals surface area contributed by atoms with Crippen LogP contribution in [-0.4, -0.2) is 35.4 Å². The van der Waals surface area contributed by atoms with Crippen molar-refractivity contribution in [3.05, 3.63) is 24.3 Å². The molecule has 22 heavy (non-hydrogen) atoms. The third kappa shape index (κ3) is 5.60. The van der Waals surface area contributed by atoms with Gasteiger partial charge in [-0.2, -0.15) is 0 Å². The summed E-state index contributed by atoms with van der Waals surface area (Å²) in [5.41, 5.74) is -0.663. The molecule has 0 heterocycles. The lowest BCUT2D eigenvalue weighted by Gasteiger charge is -2.31. The highest BCUT2D eigenvalue weighted by Gasteiger charge is 2.30. The summed E-state index contributed by atoms with van der Waals surface area (Å²) in [6, 6.07) is 7.46. The average molecular weight is 325 g/mol. The van der Waals surface area contributed by atoms with Crippen molar-refractivity contribution in [1.82, 2.24) is 5.32 Å². The van der Waals surface area contributed by atoms with Crippen LogP contribution in [-0.2, 0) is 9.59 Å². The zero-order chi connectivity index (χ0) is 16.6. The van der Waals surface area contributed by atoms with Gasteiger partial charge >= 0.3 is 5.97 Å². The molecule has 0 aromatic heterocycles. The molecule has 1 amide bonds. The maximum absolute atomic E-state index is 12.1. The molecule has 0 aliphatic carbocycles. The molecule has 0 saturated carbocycles. The van der Waals surface area contributed by atoms with E-state index >= 15 is 0 Å². The van der Waals surface area contributed by atoms with E-state index in [1.165, 1.54) is 11.8 Å². The Morgan fingerprint density at radius 3 is 2.27 bits per heavy atom. The van der Waals surface area contributed by atoms with Crippen molar-refractivity contribution >= 4 is 23.6 Å². The number of aliphatic carboxylic acids is 1. The average Bonchev–Trinajstić information content (AvgIpc) is 2.52. The molecule has 5 nitrogen and oxygen atoms in total. The van der Waals surface area contributed by atoms with Crippen molar-refractivity contribution in [2.45, 2.75) is 43.5 Å². The molecule has 0 aliphatic rings. The van der Waals surface area contributed by atoms with Crippen molar-refractivity contribution in [3.63, 3.8) is 0 Å². The Labute approximate surface area is 135 Å². The Balaban J connectivity index is 2.57. The van der Waals surface area contributed by atoms with Crippen molar-refractivity contribution in [3.8, 4) is 5.75 Å². The van der Waals surface area contributed by atoms with Crippen LogP contribution in [0.3, 0.4) is 0 Å². The molecule has 0 radical (unpaired) electrons. The highest BCUT2D eigenvalue weighted by molar-refractivity contribution is 8.00. The number of carboxylic acid groups (broad SMARTS) is 1. The van der Waals surface area contributed by atoms with E-state index in [2.05, 4.69) is 5.32 Å². The molecule has 6 heteroatoms. The topological polar surface area (TPSA) is 75.6 Å². The van der Waals surface area contributed by atoms with Crippen molar-refractivity contribution in [1.29, 1.82) is 0 Å². The summed E-state index contributed by atoms with van der Waals surface area (Å²) < 4.78 is 5.08. The Bertz CT molecular complexity index is 497. The van der Waals surface area contributed by atoms with Crippen LogP contribution in [0.2, 0.25) is 0 Å². The Morgan fingerprint density at radius 2 is 1.82 bits per heavy atom. The van der Waals surface area contributed by atoms with Gasteiger partial charge < -0.3 is 15.2 Å². The first-order valence-electron chi connectivity index (χ1n) is 7.24. The zero-order valence-corrected chi connectivity index (χ0v) is 14.0. The fourth-order valence-electron chi connectivity index (χ4n) is 2.16. The van der Waals surface area contributed by atoms with E-state index < -0.39 is 11.5 Å². The maximum atomic E-state index is 12.1. The molecule has 122 valence electrons. The van der Waals surface area contributed by atoms with Gasteiger partial charge in [0.15, 0.2) is 0 Å².